The number of carbonyl (C=O) groups excluding carboxylic acids is 1. The quantitative estimate of drug-likeness (QED) is 0.186. The summed E-state index contributed by atoms with van der Waals surface area (Å²) in [6.45, 7) is 6.95. The second kappa shape index (κ2) is 12.7. The van der Waals surface area contributed by atoms with Crippen LogP contribution in [0.15, 0.2) is 74.7 Å². The van der Waals surface area contributed by atoms with Gasteiger partial charge in [0.25, 0.3) is 5.91 Å². The minimum Gasteiger partial charge on any atom is -0.493 e. The maximum absolute atomic E-state index is 13.0. The van der Waals surface area contributed by atoms with Crippen LogP contribution in [0.25, 0.3) is 6.08 Å². The Bertz CT molecular complexity index is 1670. The second-order valence-corrected chi connectivity index (χ2v) is 12.0. The first-order chi connectivity index (χ1) is 20.2. The Labute approximate surface area is 262 Å². The molecule has 11 heteroatoms. The van der Waals surface area contributed by atoms with Crippen LogP contribution in [0.5, 0.6) is 17.2 Å². The van der Waals surface area contributed by atoms with Crippen molar-refractivity contribution in [2.75, 3.05) is 20.3 Å². The van der Waals surface area contributed by atoms with Gasteiger partial charge < -0.3 is 14.2 Å². The van der Waals surface area contributed by atoms with Crippen LogP contribution < -0.4 is 14.2 Å². The number of rotatable bonds is 9. The number of fused-ring (bicyclic) bond motifs is 1. The number of aryl methyl sites for hydroxylation is 1. The molecule has 5 rings (SSSR count). The summed E-state index contributed by atoms with van der Waals surface area (Å²) >= 11 is 11.1. The Morgan fingerprint density at radius 3 is 2.60 bits per heavy atom. The Morgan fingerprint density at radius 1 is 1.10 bits per heavy atom. The van der Waals surface area contributed by atoms with Gasteiger partial charge in [-0.1, -0.05) is 55.8 Å². The number of carbonyl (C=O) groups is 1. The Kier molecular flexibility index (Phi) is 9.05. The lowest BCUT2D eigenvalue weighted by Gasteiger charge is -2.20. The number of hydrogen-bond donors (Lipinski definition) is 1. The molecule has 0 aliphatic carbocycles. The minimum atomic E-state index is -0.529. The highest BCUT2D eigenvalue weighted by molar-refractivity contribution is 9.10. The molecule has 0 spiro atoms. The Balaban J connectivity index is 1.32. The average Bonchev–Trinajstić information content (AvgIpc) is 3.38. The second-order valence-electron chi connectivity index (χ2n) is 9.83. The predicted molar refractivity (Wildman–Crippen MR) is 173 cm³/mol. The largest absolute Gasteiger partial charge is 0.493 e. The lowest BCUT2D eigenvalue weighted by atomic mass is 10.0. The first-order valence-electron chi connectivity index (χ1n) is 13.1. The molecule has 1 amide bonds. The van der Waals surface area contributed by atoms with Crippen LogP contribution in [0.4, 0.5) is 0 Å². The summed E-state index contributed by atoms with van der Waals surface area (Å²) in [5.41, 5.74) is 3.71. The fourth-order valence-corrected chi connectivity index (χ4v) is 6.19. The predicted octanol–water partition coefficient (Wildman–Crippen LogP) is 7.67. The molecule has 3 aromatic rings. The standard InChI is InChI=1S/C31H28BrClN4O4S/c1-17(2)20-10-9-18(3)13-25(20)40-11-12-41-27-23(32)15-19(16-26(27)39-4)14-22-28(34)37-31(35-29(22)38)42-30(36-37)21-7-5-6-8-24(21)33/h5-10,13-17,34H,11-12H2,1-4H3/b22-14-,34-28?. The van der Waals surface area contributed by atoms with Crippen LogP contribution in [0.3, 0.4) is 0 Å². The van der Waals surface area contributed by atoms with Gasteiger partial charge in [0.1, 0.15) is 24.0 Å². The third kappa shape index (κ3) is 6.25. The zero-order valence-electron chi connectivity index (χ0n) is 23.4. The molecule has 2 aliphatic rings. The molecular weight excluding hydrogens is 640 g/mol. The van der Waals surface area contributed by atoms with Crippen LogP contribution in [0, 0.1) is 12.3 Å². The average molecular weight is 668 g/mol. The fourth-order valence-electron chi connectivity index (χ4n) is 4.40. The fraction of sp³-hybridized carbons (Fsp3) is 0.226. The van der Waals surface area contributed by atoms with Gasteiger partial charge in [0.2, 0.25) is 5.17 Å². The van der Waals surface area contributed by atoms with E-state index in [4.69, 9.17) is 31.2 Å². The molecule has 0 aromatic heterocycles. The van der Waals surface area contributed by atoms with Crippen molar-refractivity contribution in [3.8, 4) is 17.2 Å². The van der Waals surface area contributed by atoms with Crippen LogP contribution in [0.1, 0.15) is 42.0 Å². The summed E-state index contributed by atoms with van der Waals surface area (Å²) < 4.78 is 18.3. The van der Waals surface area contributed by atoms with E-state index >= 15 is 0 Å². The lowest BCUT2D eigenvalue weighted by Crippen LogP contribution is -2.35. The number of hydrogen-bond acceptors (Lipinski definition) is 7. The molecule has 42 heavy (non-hydrogen) atoms. The smallest absolute Gasteiger partial charge is 0.283 e. The topological polar surface area (TPSA) is 96.6 Å². The molecule has 0 saturated heterocycles. The number of amides is 1. The van der Waals surface area contributed by atoms with Crippen LogP contribution in [-0.4, -0.2) is 47.3 Å². The number of nitrogens with zero attached hydrogens (tertiary/aromatic N) is 3. The summed E-state index contributed by atoms with van der Waals surface area (Å²) in [5, 5.41) is 16.0. The van der Waals surface area contributed by atoms with Gasteiger partial charge in [-0.05, 0) is 87.6 Å². The van der Waals surface area contributed by atoms with Crippen molar-refractivity contribution in [1.82, 2.24) is 5.01 Å². The van der Waals surface area contributed by atoms with E-state index in [1.807, 2.05) is 31.2 Å². The highest BCUT2D eigenvalue weighted by atomic mass is 79.9. The minimum absolute atomic E-state index is 0.0796. The Morgan fingerprint density at radius 2 is 1.86 bits per heavy atom. The van der Waals surface area contributed by atoms with Gasteiger partial charge in [-0.15, -0.1) is 0 Å². The number of thioether (sulfide) groups is 1. The van der Waals surface area contributed by atoms with E-state index in [0.29, 0.717) is 61.5 Å². The van der Waals surface area contributed by atoms with E-state index < -0.39 is 5.91 Å². The maximum atomic E-state index is 13.0. The molecular formula is C31H28BrClN4O4S. The first-order valence-corrected chi connectivity index (χ1v) is 15.1. The lowest BCUT2D eigenvalue weighted by molar-refractivity contribution is -0.114. The molecule has 0 unspecified atom stereocenters. The SMILES string of the molecule is COc1cc(/C=C2/C(=N)N3N=C(c4ccccc4Cl)SC3=NC2=O)cc(Br)c1OCCOc1cc(C)ccc1C(C)C. The van der Waals surface area contributed by atoms with Gasteiger partial charge in [0.15, 0.2) is 17.3 Å². The monoisotopic (exact) mass is 666 g/mol. The van der Waals surface area contributed by atoms with Crippen LogP contribution in [0.2, 0.25) is 5.02 Å². The number of hydrazone groups is 1. The van der Waals surface area contributed by atoms with E-state index in [2.05, 4.69) is 52.0 Å². The van der Waals surface area contributed by atoms with Crippen molar-refractivity contribution in [2.45, 2.75) is 26.7 Å². The molecule has 216 valence electrons. The number of ether oxygens (including phenoxy) is 3. The van der Waals surface area contributed by atoms with Gasteiger partial charge in [0.05, 0.1) is 22.2 Å². The number of nitrogens with one attached hydrogen (secondary N) is 1. The summed E-state index contributed by atoms with van der Waals surface area (Å²) in [5.74, 6) is 1.55. The highest BCUT2D eigenvalue weighted by Crippen LogP contribution is 2.38. The molecule has 1 N–H and O–H groups in total. The maximum Gasteiger partial charge on any atom is 0.283 e. The third-order valence-electron chi connectivity index (χ3n) is 6.50. The van der Waals surface area contributed by atoms with Crippen molar-refractivity contribution in [3.63, 3.8) is 0 Å². The van der Waals surface area contributed by atoms with Gasteiger partial charge in [0, 0.05) is 5.56 Å². The van der Waals surface area contributed by atoms with Crippen molar-refractivity contribution in [2.24, 2.45) is 10.1 Å². The number of benzene rings is 3. The molecule has 2 aliphatic heterocycles. The van der Waals surface area contributed by atoms with Crippen molar-refractivity contribution >= 4 is 67.3 Å². The molecule has 0 fully saturated rings. The van der Waals surface area contributed by atoms with E-state index in [9.17, 15) is 4.79 Å². The van der Waals surface area contributed by atoms with Crippen molar-refractivity contribution in [3.05, 3.63) is 91.9 Å². The van der Waals surface area contributed by atoms with E-state index in [-0.39, 0.29) is 11.4 Å². The summed E-state index contributed by atoms with van der Waals surface area (Å²) in [6, 6.07) is 17.0. The molecule has 8 nitrogen and oxygen atoms in total. The van der Waals surface area contributed by atoms with Gasteiger partial charge >= 0.3 is 0 Å². The third-order valence-corrected chi connectivity index (χ3v) is 8.36. The molecule has 3 aromatic carbocycles. The van der Waals surface area contributed by atoms with Gasteiger partial charge in [-0.3, -0.25) is 10.2 Å². The van der Waals surface area contributed by atoms with Gasteiger partial charge in [-0.25, -0.2) is 0 Å². The molecule has 0 radical (unpaired) electrons. The van der Waals surface area contributed by atoms with E-state index in [1.54, 1.807) is 31.4 Å². The normalized spacial score (nSPS) is 15.6. The van der Waals surface area contributed by atoms with E-state index in [0.717, 1.165) is 16.9 Å². The van der Waals surface area contributed by atoms with Crippen LogP contribution >= 0.6 is 39.3 Å². The number of methoxy groups -OCH3 is 1. The number of halogens is 2. The first kappa shape index (κ1) is 29.9. The summed E-state index contributed by atoms with van der Waals surface area (Å²) in [6.07, 6.45) is 1.59. The number of aliphatic imine (C=N–C) groups is 1. The van der Waals surface area contributed by atoms with Gasteiger partial charge in [-0.2, -0.15) is 15.1 Å². The molecule has 0 saturated carbocycles. The zero-order valence-corrected chi connectivity index (χ0v) is 26.6. The Hall–Kier alpha value is -3.60. The number of amidine groups is 2. The van der Waals surface area contributed by atoms with Crippen molar-refractivity contribution < 1.29 is 19.0 Å². The van der Waals surface area contributed by atoms with Crippen LogP contribution in [-0.2, 0) is 4.79 Å². The molecule has 0 atom stereocenters. The zero-order chi connectivity index (χ0) is 30.0. The highest BCUT2D eigenvalue weighted by Gasteiger charge is 2.36. The van der Waals surface area contributed by atoms with Crippen molar-refractivity contribution in [1.29, 1.82) is 5.41 Å². The molecule has 2 heterocycles. The molecule has 0 bridgehead atoms. The van der Waals surface area contributed by atoms with E-state index in [1.165, 1.54) is 16.8 Å². The summed E-state index contributed by atoms with van der Waals surface area (Å²) in [4.78, 5) is 17.1. The summed E-state index contributed by atoms with van der Waals surface area (Å²) in [7, 11) is 1.54.